The maximum Gasteiger partial charge on any atom is 0.189 e. The van der Waals surface area contributed by atoms with Gasteiger partial charge in [-0.3, -0.25) is 0 Å². The number of halogens is 1. The van der Waals surface area contributed by atoms with E-state index in [2.05, 4.69) is 15.9 Å². The molecule has 0 aromatic heterocycles. The third kappa shape index (κ3) is 3.30. The van der Waals surface area contributed by atoms with E-state index < -0.39 is 0 Å². The first-order valence-electron chi connectivity index (χ1n) is 5.82. The van der Waals surface area contributed by atoms with Gasteiger partial charge in [0.2, 0.25) is 0 Å². The molecule has 2 rings (SSSR count). The number of hydrogen-bond donors (Lipinski definition) is 1. The van der Waals surface area contributed by atoms with Crippen molar-refractivity contribution in [2.75, 3.05) is 13.4 Å². The van der Waals surface area contributed by atoms with Crippen molar-refractivity contribution in [2.24, 2.45) is 0 Å². The van der Waals surface area contributed by atoms with Gasteiger partial charge in [-0.2, -0.15) is 0 Å². The predicted octanol–water partition coefficient (Wildman–Crippen LogP) is 3.72. The largest absolute Gasteiger partial charge is 0.467 e. The SMILES string of the molecule is N=CC1CCCCOCOc2ccc(Br)cc21. The molecule has 92 valence electrons. The van der Waals surface area contributed by atoms with Crippen molar-refractivity contribution in [3.8, 4) is 5.75 Å². The van der Waals surface area contributed by atoms with Gasteiger partial charge in [-0.15, -0.1) is 0 Å². The van der Waals surface area contributed by atoms with Gasteiger partial charge in [0.15, 0.2) is 6.79 Å². The molecule has 0 aliphatic carbocycles. The molecule has 0 spiro atoms. The molecule has 1 unspecified atom stereocenters. The van der Waals surface area contributed by atoms with Gasteiger partial charge in [0.25, 0.3) is 0 Å². The standard InChI is InChI=1S/C13H16BrNO2/c14-11-4-5-13-12(7-11)10(8-15)3-1-2-6-16-9-17-13/h4-5,7-8,10,15H,1-3,6,9H2. The highest BCUT2D eigenvalue weighted by Gasteiger charge is 2.15. The molecule has 1 heterocycles. The van der Waals surface area contributed by atoms with Crippen molar-refractivity contribution in [3.63, 3.8) is 0 Å². The average molecular weight is 298 g/mol. The van der Waals surface area contributed by atoms with Gasteiger partial charge in [-0.25, -0.2) is 0 Å². The Bertz CT molecular complexity index is 395. The Kier molecular flexibility index (Phi) is 4.57. The van der Waals surface area contributed by atoms with Crippen LogP contribution in [0.4, 0.5) is 0 Å². The van der Waals surface area contributed by atoms with Crippen LogP contribution < -0.4 is 4.74 Å². The molecule has 0 saturated carbocycles. The molecule has 1 atom stereocenters. The number of hydrogen-bond acceptors (Lipinski definition) is 3. The summed E-state index contributed by atoms with van der Waals surface area (Å²) in [7, 11) is 0. The Morgan fingerprint density at radius 3 is 3.06 bits per heavy atom. The molecular formula is C13H16BrNO2. The van der Waals surface area contributed by atoms with E-state index in [1.807, 2.05) is 18.2 Å². The third-order valence-corrected chi connectivity index (χ3v) is 3.42. The quantitative estimate of drug-likeness (QED) is 0.803. The molecule has 1 aromatic carbocycles. The van der Waals surface area contributed by atoms with Crippen molar-refractivity contribution in [3.05, 3.63) is 28.2 Å². The Morgan fingerprint density at radius 1 is 1.35 bits per heavy atom. The first kappa shape index (κ1) is 12.6. The summed E-state index contributed by atoms with van der Waals surface area (Å²) in [5.41, 5.74) is 1.07. The fourth-order valence-corrected chi connectivity index (χ4v) is 2.38. The van der Waals surface area contributed by atoms with Crippen LogP contribution in [-0.2, 0) is 4.74 Å². The fraction of sp³-hybridized carbons (Fsp3) is 0.462. The second-order valence-corrected chi connectivity index (χ2v) is 5.04. The van der Waals surface area contributed by atoms with Crippen LogP contribution in [0.5, 0.6) is 5.75 Å². The van der Waals surface area contributed by atoms with Crippen LogP contribution in [0.25, 0.3) is 0 Å². The molecule has 1 aliphatic heterocycles. The Labute approximate surface area is 110 Å². The maximum absolute atomic E-state index is 7.57. The molecule has 3 nitrogen and oxygen atoms in total. The number of fused-ring (bicyclic) bond motifs is 1. The van der Waals surface area contributed by atoms with E-state index in [1.165, 1.54) is 6.21 Å². The molecule has 0 fully saturated rings. The summed E-state index contributed by atoms with van der Waals surface area (Å²) in [4.78, 5) is 0. The van der Waals surface area contributed by atoms with Crippen LogP contribution >= 0.6 is 15.9 Å². The van der Waals surface area contributed by atoms with E-state index >= 15 is 0 Å². The zero-order valence-corrected chi connectivity index (χ0v) is 11.2. The molecular weight excluding hydrogens is 282 g/mol. The molecule has 1 N–H and O–H groups in total. The van der Waals surface area contributed by atoms with Crippen LogP contribution in [0.15, 0.2) is 22.7 Å². The smallest absolute Gasteiger partial charge is 0.189 e. The lowest BCUT2D eigenvalue weighted by molar-refractivity contribution is 0.0116. The second kappa shape index (κ2) is 6.17. The monoisotopic (exact) mass is 297 g/mol. The summed E-state index contributed by atoms with van der Waals surface area (Å²) in [6.45, 7) is 1.02. The van der Waals surface area contributed by atoms with Crippen molar-refractivity contribution >= 4 is 22.1 Å². The van der Waals surface area contributed by atoms with E-state index in [9.17, 15) is 0 Å². The van der Waals surface area contributed by atoms with Crippen molar-refractivity contribution < 1.29 is 9.47 Å². The zero-order chi connectivity index (χ0) is 12.1. The minimum atomic E-state index is 0.139. The lowest BCUT2D eigenvalue weighted by atomic mass is 9.94. The molecule has 1 aliphatic rings. The summed E-state index contributed by atoms with van der Waals surface area (Å²) in [6.07, 6.45) is 4.58. The number of benzene rings is 1. The summed E-state index contributed by atoms with van der Waals surface area (Å²) in [5.74, 6) is 0.962. The zero-order valence-electron chi connectivity index (χ0n) is 9.62. The summed E-state index contributed by atoms with van der Waals surface area (Å²) in [5, 5.41) is 7.57. The second-order valence-electron chi connectivity index (χ2n) is 4.12. The Hall–Kier alpha value is -0.870. The molecule has 0 radical (unpaired) electrons. The molecule has 1 aromatic rings. The summed E-state index contributed by atoms with van der Waals surface area (Å²) >= 11 is 3.47. The average Bonchev–Trinajstić information content (AvgIpc) is 2.35. The highest BCUT2D eigenvalue weighted by atomic mass is 79.9. The van der Waals surface area contributed by atoms with E-state index in [1.54, 1.807) is 0 Å². The maximum atomic E-state index is 7.57. The molecule has 0 bridgehead atoms. The van der Waals surface area contributed by atoms with E-state index in [0.29, 0.717) is 6.79 Å². The highest BCUT2D eigenvalue weighted by molar-refractivity contribution is 9.10. The molecule has 0 amide bonds. The van der Waals surface area contributed by atoms with Gasteiger partial charge >= 0.3 is 0 Å². The van der Waals surface area contributed by atoms with Crippen LogP contribution in [0.1, 0.15) is 30.7 Å². The van der Waals surface area contributed by atoms with Gasteiger partial charge in [0.05, 0.1) is 6.61 Å². The predicted molar refractivity (Wildman–Crippen MR) is 71.0 cm³/mol. The van der Waals surface area contributed by atoms with Crippen LogP contribution in [-0.4, -0.2) is 19.6 Å². The topological polar surface area (TPSA) is 42.3 Å². The molecule has 17 heavy (non-hydrogen) atoms. The van der Waals surface area contributed by atoms with Gasteiger partial charge < -0.3 is 14.9 Å². The van der Waals surface area contributed by atoms with E-state index in [0.717, 1.165) is 41.7 Å². The van der Waals surface area contributed by atoms with Crippen molar-refractivity contribution in [1.29, 1.82) is 5.41 Å². The number of ether oxygens (including phenoxy) is 2. The van der Waals surface area contributed by atoms with Gasteiger partial charge in [0.1, 0.15) is 5.75 Å². The van der Waals surface area contributed by atoms with Gasteiger partial charge in [0, 0.05) is 22.2 Å². The lowest BCUT2D eigenvalue weighted by Gasteiger charge is -2.19. The van der Waals surface area contributed by atoms with E-state index in [4.69, 9.17) is 14.9 Å². The van der Waals surface area contributed by atoms with Gasteiger partial charge in [-0.05, 0) is 31.0 Å². The minimum absolute atomic E-state index is 0.139. The number of nitrogens with one attached hydrogen (secondary N) is 1. The Morgan fingerprint density at radius 2 is 2.24 bits per heavy atom. The fourth-order valence-electron chi connectivity index (χ4n) is 2.00. The normalized spacial score (nSPS) is 21.1. The van der Waals surface area contributed by atoms with Crippen molar-refractivity contribution in [1.82, 2.24) is 0 Å². The first-order chi connectivity index (χ1) is 8.31. The van der Waals surface area contributed by atoms with Crippen molar-refractivity contribution in [2.45, 2.75) is 25.2 Å². The van der Waals surface area contributed by atoms with Gasteiger partial charge in [-0.1, -0.05) is 22.4 Å². The van der Waals surface area contributed by atoms with Crippen LogP contribution in [0, 0.1) is 5.41 Å². The first-order valence-corrected chi connectivity index (χ1v) is 6.61. The molecule has 4 heteroatoms. The van der Waals surface area contributed by atoms with Crippen LogP contribution in [0.3, 0.4) is 0 Å². The summed E-state index contributed by atoms with van der Waals surface area (Å²) in [6, 6.07) is 5.92. The van der Waals surface area contributed by atoms with E-state index in [-0.39, 0.29) is 5.92 Å². The third-order valence-electron chi connectivity index (χ3n) is 2.92. The highest BCUT2D eigenvalue weighted by Crippen LogP contribution is 2.32. The minimum Gasteiger partial charge on any atom is -0.467 e. The number of rotatable bonds is 1. The Balaban J connectivity index is 2.31. The van der Waals surface area contributed by atoms with Crippen LogP contribution in [0.2, 0.25) is 0 Å². The lowest BCUT2D eigenvalue weighted by Crippen LogP contribution is -2.11. The molecule has 0 saturated heterocycles. The summed E-state index contributed by atoms with van der Waals surface area (Å²) < 4.78 is 12.0.